The molecular formula is C7H11ClN4. The first-order valence-corrected chi connectivity index (χ1v) is 4.08. The minimum absolute atomic E-state index is 0.276. The van der Waals surface area contributed by atoms with E-state index in [1.54, 1.807) is 12.4 Å². The first-order chi connectivity index (χ1) is 5.83. The van der Waals surface area contributed by atoms with Crippen LogP contribution in [-0.2, 0) is 6.54 Å². The van der Waals surface area contributed by atoms with E-state index in [4.69, 9.17) is 17.3 Å². The summed E-state index contributed by atoms with van der Waals surface area (Å²) in [5.74, 6) is 0. The van der Waals surface area contributed by atoms with Gasteiger partial charge in [0, 0.05) is 37.6 Å². The Hall–Kier alpha value is -0.710. The molecule has 0 aliphatic carbocycles. The number of halogens is 1. The van der Waals surface area contributed by atoms with E-state index in [1.165, 1.54) is 0 Å². The molecule has 0 saturated heterocycles. The van der Waals surface area contributed by atoms with E-state index in [0.717, 1.165) is 18.7 Å². The smallest absolute Gasteiger partial charge is 0.222 e. The Bertz CT molecular complexity index is 223. The summed E-state index contributed by atoms with van der Waals surface area (Å²) in [6.07, 6.45) is 3.39. The van der Waals surface area contributed by atoms with Crippen molar-refractivity contribution in [2.45, 2.75) is 6.54 Å². The van der Waals surface area contributed by atoms with Crippen LogP contribution < -0.4 is 11.1 Å². The number of hydrogen-bond acceptors (Lipinski definition) is 4. The van der Waals surface area contributed by atoms with Gasteiger partial charge >= 0.3 is 0 Å². The molecule has 12 heavy (non-hydrogen) atoms. The molecule has 0 saturated carbocycles. The number of nitrogens with zero attached hydrogens (tertiary/aromatic N) is 2. The Morgan fingerprint density at radius 2 is 2.08 bits per heavy atom. The maximum absolute atomic E-state index is 5.51. The highest BCUT2D eigenvalue weighted by atomic mass is 35.5. The van der Waals surface area contributed by atoms with Crippen LogP contribution in [0.15, 0.2) is 12.4 Å². The average Bonchev–Trinajstić information content (AvgIpc) is 2.09. The number of nitrogens with one attached hydrogen (secondary N) is 1. The molecule has 0 radical (unpaired) electrons. The predicted octanol–water partition coefficient (Wildman–Crippen LogP) is 0.178. The van der Waals surface area contributed by atoms with Crippen molar-refractivity contribution < 1.29 is 0 Å². The predicted molar refractivity (Wildman–Crippen MR) is 47.8 cm³/mol. The maximum atomic E-state index is 5.51. The molecule has 3 N–H and O–H groups in total. The first kappa shape index (κ1) is 9.38. The lowest BCUT2D eigenvalue weighted by atomic mass is 10.3. The molecule has 66 valence electrons. The number of aromatic nitrogens is 2. The van der Waals surface area contributed by atoms with Gasteiger partial charge in [-0.1, -0.05) is 0 Å². The van der Waals surface area contributed by atoms with Gasteiger partial charge in [-0.25, -0.2) is 9.97 Å². The second-order valence-electron chi connectivity index (χ2n) is 2.33. The lowest BCUT2D eigenvalue weighted by Crippen LogP contribution is -2.21. The van der Waals surface area contributed by atoms with Gasteiger partial charge in [0.05, 0.1) is 0 Å². The van der Waals surface area contributed by atoms with Crippen LogP contribution >= 0.6 is 11.6 Å². The zero-order valence-electron chi connectivity index (χ0n) is 6.63. The summed E-state index contributed by atoms with van der Waals surface area (Å²) in [6.45, 7) is 2.16. The van der Waals surface area contributed by atoms with Gasteiger partial charge in [-0.3, -0.25) is 0 Å². The van der Waals surface area contributed by atoms with Crippen molar-refractivity contribution in [3.05, 3.63) is 23.2 Å². The standard InChI is InChI=1S/C7H11ClN4/c8-7-11-4-6(5-12-7)3-10-2-1-9/h4-5,10H,1-3,9H2. The number of hydrogen-bond donors (Lipinski definition) is 2. The van der Waals surface area contributed by atoms with Gasteiger partial charge < -0.3 is 11.1 Å². The van der Waals surface area contributed by atoms with Crippen LogP contribution in [0.3, 0.4) is 0 Å². The second kappa shape index (κ2) is 5.03. The monoisotopic (exact) mass is 186 g/mol. The van der Waals surface area contributed by atoms with Gasteiger partial charge in [0.25, 0.3) is 0 Å². The molecule has 1 heterocycles. The molecule has 0 bridgehead atoms. The first-order valence-electron chi connectivity index (χ1n) is 3.70. The van der Waals surface area contributed by atoms with E-state index in [9.17, 15) is 0 Å². The minimum Gasteiger partial charge on any atom is -0.329 e. The minimum atomic E-state index is 0.276. The number of nitrogens with two attached hydrogens (primary N) is 1. The van der Waals surface area contributed by atoms with E-state index >= 15 is 0 Å². The van der Waals surface area contributed by atoms with Crippen molar-refractivity contribution in [3.63, 3.8) is 0 Å². The third-order valence-corrected chi connectivity index (χ3v) is 1.52. The Morgan fingerprint density at radius 1 is 1.42 bits per heavy atom. The summed E-state index contributed by atoms with van der Waals surface area (Å²) in [5.41, 5.74) is 6.31. The van der Waals surface area contributed by atoms with E-state index in [1.807, 2.05) is 0 Å². The highest BCUT2D eigenvalue weighted by molar-refractivity contribution is 6.28. The molecule has 1 aromatic heterocycles. The third-order valence-electron chi connectivity index (χ3n) is 1.32. The van der Waals surface area contributed by atoms with E-state index in [2.05, 4.69) is 15.3 Å². The van der Waals surface area contributed by atoms with Crippen LogP contribution in [0.2, 0.25) is 5.28 Å². The lowest BCUT2D eigenvalue weighted by Gasteiger charge is -2.01. The summed E-state index contributed by atoms with van der Waals surface area (Å²) in [6, 6.07) is 0. The topological polar surface area (TPSA) is 63.8 Å². The molecule has 0 spiro atoms. The van der Waals surface area contributed by atoms with E-state index in [0.29, 0.717) is 6.54 Å². The molecule has 0 amide bonds. The van der Waals surface area contributed by atoms with Crippen LogP contribution in [0.4, 0.5) is 0 Å². The summed E-state index contributed by atoms with van der Waals surface area (Å²) in [7, 11) is 0. The van der Waals surface area contributed by atoms with Crippen LogP contribution in [0, 0.1) is 0 Å². The fraction of sp³-hybridized carbons (Fsp3) is 0.429. The molecule has 0 aliphatic heterocycles. The van der Waals surface area contributed by atoms with Crippen molar-refractivity contribution in [2.24, 2.45) is 5.73 Å². The summed E-state index contributed by atoms with van der Waals surface area (Å²) in [4.78, 5) is 7.68. The molecule has 0 atom stereocenters. The summed E-state index contributed by atoms with van der Waals surface area (Å²) < 4.78 is 0. The quantitative estimate of drug-likeness (QED) is 0.520. The van der Waals surface area contributed by atoms with Gasteiger partial charge in [-0.15, -0.1) is 0 Å². The highest BCUT2D eigenvalue weighted by Gasteiger charge is 1.93. The summed E-state index contributed by atoms with van der Waals surface area (Å²) in [5, 5.41) is 3.40. The molecule has 5 heteroatoms. The Morgan fingerprint density at radius 3 is 2.67 bits per heavy atom. The van der Waals surface area contributed by atoms with Crippen LogP contribution in [0.5, 0.6) is 0 Å². The molecule has 1 rings (SSSR count). The molecule has 0 unspecified atom stereocenters. The van der Waals surface area contributed by atoms with Crippen molar-refractivity contribution in [2.75, 3.05) is 13.1 Å². The van der Waals surface area contributed by atoms with Gasteiger partial charge in [0.2, 0.25) is 5.28 Å². The maximum Gasteiger partial charge on any atom is 0.222 e. The highest BCUT2D eigenvalue weighted by Crippen LogP contribution is 1.99. The molecule has 4 nitrogen and oxygen atoms in total. The summed E-state index contributed by atoms with van der Waals surface area (Å²) >= 11 is 5.51. The Kier molecular flexibility index (Phi) is 3.93. The third kappa shape index (κ3) is 3.13. The van der Waals surface area contributed by atoms with Crippen LogP contribution in [0.1, 0.15) is 5.56 Å². The largest absolute Gasteiger partial charge is 0.329 e. The fourth-order valence-corrected chi connectivity index (χ4v) is 0.863. The van der Waals surface area contributed by atoms with Gasteiger partial charge in [-0.2, -0.15) is 0 Å². The molecular weight excluding hydrogens is 176 g/mol. The van der Waals surface area contributed by atoms with Crippen molar-refractivity contribution in [3.8, 4) is 0 Å². The molecule has 1 aromatic rings. The van der Waals surface area contributed by atoms with Crippen LogP contribution in [-0.4, -0.2) is 23.1 Å². The van der Waals surface area contributed by atoms with Crippen molar-refractivity contribution in [1.82, 2.24) is 15.3 Å². The molecule has 0 aromatic carbocycles. The Balaban J connectivity index is 2.37. The average molecular weight is 187 g/mol. The van der Waals surface area contributed by atoms with Crippen molar-refractivity contribution >= 4 is 11.6 Å². The van der Waals surface area contributed by atoms with E-state index < -0.39 is 0 Å². The SMILES string of the molecule is NCCNCc1cnc(Cl)nc1. The molecule has 0 fully saturated rings. The Labute approximate surface area is 76.2 Å². The van der Waals surface area contributed by atoms with Gasteiger partial charge in [0.1, 0.15) is 0 Å². The fourth-order valence-electron chi connectivity index (χ4n) is 0.765. The lowest BCUT2D eigenvalue weighted by molar-refractivity contribution is 0.690. The van der Waals surface area contributed by atoms with Crippen LogP contribution in [0.25, 0.3) is 0 Å². The zero-order valence-corrected chi connectivity index (χ0v) is 7.38. The zero-order chi connectivity index (χ0) is 8.81. The normalized spacial score (nSPS) is 10.2. The number of rotatable bonds is 4. The van der Waals surface area contributed by atoms with Gasteiger partial charge in [-0.05, 0) is 11.6 Å². The van der Waals surface area contributed by atoms with E-state index in [-0.39, 0.29) is 5.28 Å². The van der Waals surface area contributed by atoms with Crippen molar-refractivity contribution in [1.29, 1.82) is 0 Å². The van der Waals surface area contributed by atoms with Gasteiger partial charge in [0.15, 0.2) is 0 Å². The molecule has 0 aliphatic rings. The second-order valence-corrected chi connectivity index (χ2v) is 2.66.